The Morgan fingerprint density at radius 1 is 1.19 bits per heavy atom. The van der Waals surface area contributed by atoms with Gasteiger partial charge in [0.25, 0.3) is 0 Å². The van der Waals surface area contributed by atoms with Gasteiger partial charge in [0.2, 0.25) is 5.91 Å². The zero-order chi connectivity index (χ0) is 15.4. The standard InChI is InChI=1S/C15H22N4O2/c1-11(16)13-4-3-5-14(10-13)17-15(21)19-8-6-18(7-9-19)12(2)20/h3-5,10-11H,6-9,16H2,1-2H3,(H,17,21). The highest BCUT2D eigenvalue weighted by atomic mass is 16.2. The molecule has 1 aromatic carbocycles. The van der Waals surface area contributed by atoms with Gasteiger partial charge in [-0.25, -0.2) is 4.79 Å². The average molecular weight is 290 g/mol. The second kappa shape index (κ2) is 6.58. The molecule has 0 saturated carbocycles. The minimum atomic E-state index is -0.139. The largest absolute Gasteiger partial charge is 0.339 e. The number of benzene rings is 1. The molecule has 1 heterocycles. The molecule has 0 bridgehead atoms. The van der Waals surface area contributed by atoms with E-state index in [2.05, 4.69) is 5.32 Å². The van der Waals surface area contributed by atoms with Crippen molar-refractivity contribution in [1.29, 1.82) is 0 Å². The van der Waals surface area contributed by atoms with Gasteiger partial charge in [-0.15, -0.1) is 0 Å². The van der Waals surface area contributed by atoms with Crippen LogP contribution in [0.4, 0.5) is 10.5 Å². The molecule has 6 nitrogen and oxygen atoms in total. The van der Waals surface area contributed by atoms with Crippen molar-refractivity contribution in [1.82, 2.24) is 9.80 Å². The van der Waals surface area contributed by atoms with Crippen LogP contribution in [0.3, 0.4) is 0 Å². The van der Waals surface area contributed by atoms with E-state index < -0.39 is 0 Å². The maximum absolute atomic E-state index is 12.2. The number of hydrogen-bond acceptors (Lipinski definition) is 3. The molecule has 1 aliphatic heterocycles. The quantitative estimate of drug-likeness (QED) is 0.864. The Balaban J connectivity index is 1.93. The zero-order valence-electron chi connectivity index (χ0n) is 12.5. The van der Waals surface area contributed by atoms with Gasteiger partial charge in [0.1, 0.15) is 0 Å². The average Bonchev–Trinajstić information content (AvgIpc) is 2.47. The molecule has 1 aromatic rings. The van der Waals surface area contributed by atoms with E-state index in [1.807, 2.05) is 31.2 Å². The van der Waals surface area contributed by atoms with Gasteiger partial charge in [0.05, 0.1) is 0 Å². The molecular weight excluding hydrogens is 268 g/mol. The number of nitrogens with zero attached hydrogens (tertiary/aromatic N) is 2. The van der Waals surface area contributed by atoms with E-state index in [4.69, 9.17) is 5.73 Å². The molecule has 114 valence electrons. The van der Waals surface area contributed by atoms with Gasteiger partial charge >= 0.3 is 6.03 Å². The lowest BCUT2D eigenvalue weighted by atomic mass is 10.1. The van der Waals surface area contributed by atoms with Gasteiger partial charge in [-0.1, -0.05) is 12.1 Å². The third kappa shape index (κ3) is 3.95. The molecule has 3 N–H and O–H groups in total. The normalized spacial score (nSPS) is 16.5. The molecule has 21 heavy (non-hydrogen) atoms. The number of piperazine rings is 1. The van der Waals surface area contributed by atoms with Crippen LogP contribution in [0.25, 0.3) is 0 Å². The Hall–Kier alpha value is -2.08. The molecular formula is C15H22N4O2. The van der Waals surface area contributed by atoms with Crippen LogP contribution in [-0.4, -0.2) is 47.9 Å². The highest BCUT2D eigenvalue weighted by Crippen LogP contribution is 2.16. The fourth-order valence-electron chi connectivity index (χ4n) is 2.33. The molecule has 0 aromatic heterocycles. The van der Waals surface area contributed by atoms with Gasteiger partial charge in [0, 0.05) is 44.8 Å². The summed E-state index contributed by atoms with van der Waals surface area (Å²) in [5, 5.41) is 2.88. The van der Waals surface area contributed by atoms with Gasteiger partial charge in [-0.2, -0.15) is 0 Å². The predicted octanol–water partition coefficient (Wildman–Crippen LogP) is 1.40. The SMILES string of the molecule is CC(=O)N1CCN(C(=O)Nc2cccc(C(C)N)c2)CC1. The van der Waals surface area contributed by atoms with Crippen molar-refractivity contribution in [2.75, 3.05) is 31.5 Å². The first-order chi connectivity index (χ1) is 9.97. The molecule has 3 amide bonds. The van der Waals surface area contributed by atoms with E-state index >= 15 is 0 Å². The lowest BCUT2D eigenvalue weighted by Crippen LogP contribution is -2.51. The van der Waals surface area contributed by atoms with E-state index in [9.17, 15) is 9.59 Å². The van der Waals surface area contributed by atoms with Gasteiger partial charge in [-0.05, 0) is 24.6 Å². The molecule has 0 spiro atoms. The van der Waals surface area contributed by atoms with Crippen LogP contribution >= 0.6 is 0 Å². The second-order valence-electron chi connectivity index (χ2n) is 5.34. The molecule has 1 aliphatic rings. The Morgan fingerprint density at radius 3 is 2.38 bits per heavy atom. The number of anilines is 1. The van der Waals surface area contributed by atoms with E-state index in [1.165, 1.54) is 0 Å². The first-order valence-electron chi connectivity index (χ1n) is 7.14. The smallest absolute Gasteiger partial charge is 0.321 e. The topological polar surface area (TPSA) is 78.7 Å². The van der Waals surface area contributed by atoms with Crippen LogP contribution in [0.15, 0.2) is 24.3 Å². The van der Waals surface area contributed by atoms with Gasteiger partial charge in [-0.3, -0.25) is 4.79 Å². The zero-order valence-corrected chi connectivity index (χ0v) is 12.5. The van der Waals surface area contributed by atoms with E-state index in [0.717, 1.165) is 11.3 Å². The molecule has 0 aliphatic carbocycles. The Morgan fingerprint density at radius 2 is 1.81 bits per heavy atom. The summed E-state index contributed by atoms with van der Waals surface area (Å²) in [6.45, 7) is 5.74. The van der Waals surface area contributed by atoms with Crippen molar-refractivity contribution >= 4 is 17.6 Å². The third-order valence-electron chi connectivity index (χ3n) is 3.68. The first-order valence-corrected chi connectivity index (χ1v) is 7.14. The number of hydrogen-bond donors (Lipinski definition) is 2. The summed E-state index contributed by atoms with van der Waals surface area (Å²) in [6, 6.07) is 7.33. The fraction of sp³-hybridized carbons (Fsp3) is 0.467. The molecule has 1 saturated heterocycles. The number of rotatable bonds is 2. The fourth-order valence-corrected chi connectivity index (χ4v) is 2.33. The van der Waals surface area contributed by atoms with E-state index in [1.54, 1.807) is 16.7 Å². The summed E-state index contributed by atoms with van der Waals surface area (Å²) in [5.74, 6) is 0.0553. The minimum absolute atomic E-state index is 0.0553. The number of urea groups is 1. The number of nitrogens with two attached hydrogens (primary N) is 1. The number of nitrogens with one attached hydrogen (secondary N) is 1. The molecule has 2 rings (SSSR count). The van der Waals surface area contributed by atoms with E-state index in [-0.39, 0.29) is 18.0 Å². The van der Waals surface area contributed by atoms with Crippen LogP contribution in [0.2, 0.25) is 0 Å². The van der Waals surface area contributed by atoms with Crippen LogP contribution in [0, 0.1) is 0 Å². The maximum Gasteiger partial charge on any atom is 0.321 e. The van der Waals surface area contributed by atoms with Crippen LogP contribution in [0.1, 0.15) is 25.5 Å². The van der Waals surface area contributed by atoms with E-state index in [0.29, 0.717) is 26.2 Å². The molecule has 1 atom stereocenters. The van der Waals surface area contributed by atoms with Crippen molar-refractivity contribution in [3.63, 3.8) is 0 Å². The molecule has 6 heteroatoms. The Kier molecular flexibility index (Phi) is 4.80. The Bertz CT molecular complexity index is 522. The monoisotopic (exact) mass is 290 g/mol. The highest BCUT2D eigenvalue weighted by Gasteiger charge is 2.22. The van der Waals surface area contributed by atoms with Crippen LogP contribution < -0.4 is 11.1 Å². The van der Waals surface area contributed by atoms with Gasteiger partial charge < -0.3 is 20.9 Å². The summed E-state index contributed by atoms with van der Waals surface area (Å²) in [7, 11) is 0. The summed E-state index contributed by atoms with van der Waals surface area (Å²) >= 11 is 0. The second-order valence-corrected chi connectivity index (χ2v) is 5.34. The lowest BCUT2D eigenvalue weighted by Gasteiger charge is -2.34. The predicted molar refractivity (Wildman–Crippen MR) is 81.9 cm³/mol. The first kappa shape index (κ1) is 15.3. The van der Waals surface area contributed by atoms with Crippen LogP contribution in [-0.2, 0) is 4.79 Å². The number of amides is 3. The number of carbonyl (C=O) groups is 2. The molecule has 1 unspecified atom stereocenters. The highest BCUT2D eigenvalue weighted by molar-refractivity contribution is 5.89. The third-order valence-corrected chi connectivity index (χ3v) is 3.68. The van der Waals surface area contributed by atoms with Crippen LogP contribution in [0.5, 0.6) is 0 Å². The van der Waals surface area contributed by atoms with Crippen molar-refractivity contribution in [3.8, 4) is 0 Å². The van der Waals surface area contributed by atoms with Crippen molar-refractivity contribution in [3.05, 3.63) is 29.8 Å². The Labute approximate surface area is 124 Å². The minimum Gasteiger partial charge on any atom is -0.339 e. The summed E-state index contributed by atoms with van der Waals surface area (Å²) in [5.41, 5.74) is 7.56. The molecule has 0 radical (unpaired) electrons. The van der Waals surface area contributed by atoms with Crippen molar-refractivity contribution in [2.45, 2.75) is 19.9 Å². The van der Waals surface area contributed by atoms with Gasteiger partial charge in [0.15, 0.2) is 0 Å². The summed E-state index contributed by atoms with van der Waals surface area (Å²) in [6.07, 6.45) is 0. The summed E-state index contributed by atoms with van der Waals surface area (Å²) in [4.78, 5) is 26.9. The van der Waals surface area contributed by atoms with Crippen molar-refractivity contribution in [2.24, 2.45) is 5.73 Å². The lowest BCUT2D eigenvalue weighted by molar-refractivity contribution is -0.130. The molecule has 1 fully saturated rings. The summed E-state index contributed by atoms with van der Waals surface area (Å²) < 4.78 is 0. The maximum atomic E-state index is 12.2. The van der Waals surface area contributed by atoms with Crippen molar-refractivity contribution < 1.29 is 9.59 Å². The number of carbonyl (C=O) groups excluding carboxylic acids is 2.